The highest BCUT2D eigenvalue weighted by molar-refractivity contribution is 6.14. The van der Waals surface area contributed by atoms with Crippen molar-refractivity contribution in [3.63, 3.8) is 0 Å². The molecule has 0 saturated carbocycles. The number of nitrogens with zero attached hydrogens (tertiary/aromatic N) is 2. The van der Waals surface area contributed by atoms with Crippen LogP contribution in [-0.2, 0) is 0 Å². The van der Waals surface area contributed by atoms with Gasteiger partial charge in [-0.15, -0.1) is 0 Å². The molecular formula is C49H32N2O. The summed E-state index contributed by atoms with van der Waals surface area (Å²) in [6.45, 7) is 0. The Morgan fingerprint density at radius 3 is 1.81 bits per heavy atom. The molecule has 3 heteroatoms. The Balaban J connectivity index is 1.11. The number of fused-ring (bicyclic) bond motifs is 6. The summed E-state index contributed by atoms with van der Waals surface area (Å²) < 4.78 is 6.45. The molecule has 0 aliphatic heterocycles. The fourth-order valence-corrected chi connectivity index (χ4v) is 7.55. The standard InChI is InChI=1S/C49H32N2O/c1-2-10-33(11-3-1)38-14-6-16-40(30-38)51(42-27-25-37-26-28-45-48-47(20-9-29-50-48)52-49(45)46(37)32-42)41-17-7-15-39(31-41)34-21-23-36(24-22-34)44-19-8-13-35-12-4-5-18-43(35)44/h1-32H. The summed E-state index contributed by atoms with van der Waals surface area (Å²) in [5, 5.41) is 5.71. The Labute approximate surface area is 301 Å². The number of aromatic nitrogens is 1. The zero-order valence-corrected chi connectivity index (χ0v) is 28.3. The molecule has 2 aromatic heterocycles. The molecule has 10 aromatic rings. The smallest absolute Gasteiger partial charge is 0.153 e. The van der Waals surface area contributed by atoms with Gasteiger partial charge in [-0.3, -0.25) is 4.98 Å². The van der Waals surface area contributed by atoms with Gasteiger partial charge in [0.2, 0.25) is 0 Å². The van der Waals surface area contributed by atoms with Crippen LogP contribution in [0, 0.1) is 0 Å². The van der Waals surface area contributed by atoms with E-state index in [-0.39, 0.29) is 0 Å². The maximum Gasteiger partial charge on any atom is 0.153 e. The van der Waals surface area contributed by atoms with E-state index in [0.29, 0.717) is 0 Å². The first kappa shape index (κ1) is 29.9. The van der Waals surface area contributed by atoms with Crippen LogP contribution in [0.15, 0.2) is 199 Å². The fourth-order valence-electron chi connectivity index (χ4n) is 7.55. The number of benzene rings is 8. The van der Waals surface area contributed by atoms with Gasteiger partial charge in [0, 0.05) is 34.0 Å². The maximum atomic E-state index is 6.45. The van der Waals surface area contributed by atoms with E-state index < -0.39 is 0 Å². The summed E-state index contributed by atoms with van der Waals surface area (Å²) in [5.41, 5.74) is 12.8. The number of pyridine rings is 1. The first-order valence-electron chi connectivity index (χ1n) is 17.6. The highest BCUT2D eigenvalue weighted by atomic mass is 16.3. The summed E-state index contributed by atoms with van der Waals surface area (Å²) in [6, 6.07) is 67.0. The van der Waals surface area contributed by atoms with Crippen LogP contribution in [0.1, 0.15) is 0 Å². The lowest BCUT2D eigenvalue weighted by molar-refractivity contribution is 0.672. The lowest BCUT2D eigenvalue weighted by atomic mass is 9.96. The highest BCUT2D eigenvalue weighted by Crippen LogP contribution is 2.41. The van der Waals surface area contributed by atoms with Crippen LogP contribution in [-0.4, -0.2) is 4.98 Å². The number of rotatable bonds is 6. The average Bonchev–Trinajstić information content (AvgIpc) is 3.61. The molecule has 8 aromatic carbocycles. The minimum atomic E-state index is 0.794. The summed E-state index contributed by atoms with van der Waals surface area (Å²) >= 11 is 0. The Kier molecular flexibility index (Phi) is 7.14. The Morgan fingerprint density at radius 2 is 1.00 bits per heavy atom. The lowest BCUT2D eigenvalue weighted by Gasteiger charge is -2.27. The van der Waals surface area contributed by atoms with Gasteiger partial charge in [-0.05, 0) is 104 Å². The SMILES string of the molecule is c1ccc(-c2cccc(N(c3cccc(-c4ccc(-c5cccc6ccccc56)cc4)c3)c3ccc4ccc5c6ncccc6oc5c4c3)c2)cc1. The topological polar surface area (TPSA) is 29.3 Å². The first-order chi connectivity index (χ1) is 25.8. The average molecular weight is 665 g/mol. The van der Waals surface area contributed by atoms with Crippen molar-refractivity contribution < 1.29 is 4.42 Å². The zero-order valence-electron chi connectivity index (χ0n) is 28.3. The number of hydrogen-bond donors (Lipinski definition) is 0. The normalized spacial score (nSPS) is 11.5. The van der Waals surface area contributed by atoms with E-state index >= 15 is 0 Å². The first-order valence-corrected chi connectivity index (χ1v) is 17.6. The monoisotopic (exact) mass is 664 g/mol. The fraction of sp³-hybridized carbons (Fsp3) is 0. The van der Waals surface area contributed by atoms with Crippen LogP contribution >= 0.6 is 0 Å². The van der Waals surface area contributed by atoms with E-state index in [0.717, 1.165) is 61.0 Å². The number of furan rings is 1. The van der Waals surface area contributed by atoms with Gasteiger partial charge in [0.1, 0.15) is 11.1 Å². The molecule has 2 heterocycles. The molecule has 0 amide bonds. The van der Waals surface area contributed by atoms with Gasteiger partial charge >= 0.3 is 0 Å². The number of hydrogen-bond acceptors (Lipinski definition) is 3. The molecule has 0 spiro atoms. The van der Waals surface area contributed by atoms with Crippen LogP contribution in [0.2, 0.25) is 0 Å². The van der Waals surface area contributed by atoms with Gasteiger partial charge in [-0.25, -0.2) is 0 Å². The second-order valence-electron chi connectivity index (χ2n) is 13.2. The maximum absolute atomic E-state index is 6.45. The zero-order chi connectivity index (χ0) is 34.4. The molecule has 10 rings (SSSR count). The third-order valence-electron chi connectivity index (χ3n) is 10.1. The largest absolute Gasteiger partial charge is 0.454 e. The molecule has 0 aliphatic rings. The Hall–Kier alpha value is -6.97. The predicted molar refractivity (Wildman–Crippen MR) is 218 cm³/mol. The molecule has 0 aliphatic carbocycles. The minimum Gasteiger partial charge on any atom is -0.454 e. The molecule has 0 N–H and O–H groups in total. The van der Waals surface area contributed by atoms with E-state index in [9.17, 15) is 0 Å². The Morgan fingerprint density at radius 1 is 0.385 bits per heavy atom. The Bertz CT molecular complexity index is 2900. The van der Waals surface area contributed by atoms with Crippen molar-refractivity contribution in [2.24, 2.45) is 0 Å². The van der Waals surface area contributed by atoms with Gasteiger partial charge in [-0.1, -0.05) is 133 Å². The van der Waals surface area contributed by atoms with E-state index in [2.05, 4.69) is 186 Å². The van der Waals surface area contributed by atoms with Crippen LogP contribution in [0.5, 0.6) is 0 Å². The van der Waals surface area contributed by atoms with Crippen molar-refractivity contribution in [1.82, 2.24) is 4.98 Å². The highest BCUT2D eigenvalue weighted by Gasteiger charge is 2.18. The molecule has 52 heavy (non-hydrogen) atoms. The van der Waals surface area contributed by atoms with E-state index in [1.807, 2.05) is 18.3 Å². The van der Waals surface area contributed by atoms with Gasteiger partial charge in [0.25, 0.3) is 0 Å². The summed E-state index contributed by atoms with van der Waals surface area (Å²) in [7, 11) is 0. The van der Waals surface area contributed by atoms with Crippen molar-refractivity contribution in [2.75, 3.05) is 4.90 Å². The van der Waals surface area contributed by atoms with E-state index in [4.69, 9.17) is 4.42 Å². The van der Waals surface area contributed by atoms with Gasteiger partial charge in [0.05, 0.1) is 0 Å². The predicted octanol–water partition coefficient (Wildman–Crippen LogP) is 13.8. The second kappa shape index (κ2) is 12.4. The summed E-state index contributed by atoms with van der Waals surface area (Å²) in [6.07, 6.45) is 1.82. The van der Waals surface area contributed by atoms with E-state index in [1.165, 1.54) is 33.0 Å². The molecular weight excluding hydrogens is 633 g/mol. The van der Waals surface area contributed by atoms with Crippen molar-refractivity contribution in [3.05, 3.63) is 194 Å². The molecule has 0 fully saturated rings. The van der Waals surface area contributed by atoms with Crippen LogP contribution in [0.25, 0.3) is 77.0 Å². The third kappa shape index (κ3) is 5.19. The molecule has 0 radical (unpaired) electrons. The van der Waals surface area contributed by atoms with Crippen molar-refractivity contribution in [3.8, 4) is 33.4 Å². The molecule has 3 nitrogen and oxygen atoms in total. The van der Waals surface area contributed by atoms with Crippen LogP contribution in [0.3, 0.4) is 0 Å². The van der Waals surface area contributed by atoms with Crippen LogP contribution in [0.4, 0.5) is 17.1 Å². The van der Waals surface area contributed by atoms with Gasteiger partial charge < -0.3 is 9.32 Å². The number of anilines is 3. The molecule has 244 valence electrons. The van der Waals surface area contributed by atoms with Gasteiger partial charge in [0.15, 0.2) is 5.58 Å². The quantitative estimate of drug-likeness (QED) is 0.177. The van der Waals surface area contributed by atoms with Crippen molar-refractivity contribution in [1.29, 1.82) is 0 Å². The second-order valence-corrected chi connectivity index (χ2v) is 13.2. The summed E-state index contributed by atoms with van der Waals surface area (Å²) in [4.78, 5) is 6.98. The molecule has 0 bridgehead atoms. The van der Waals surface area contributed by atoms with Crippen molar-refractivity contribution >= 4 is 60.7 Å². The minimum absolute atomic E-state index is 0.794. The van der Waals surface area contributed by atoms with Crippen molar-refractivity contribution in [2.45, 2.75) is 0 Å². The molecule has 0 saturated heterocycles. The molecule has 0 unspecified atom stereocenters. The lowest BCUT2D eigenvalue weighted by Crippen LogP contribution is -2.10. The third-order valence-corrected chi connectivity index (χ3v) is 10.1. The van der Waals surface area contributed by atoms with Gasteiger partial charge in [-0.2, -0.15) is 0 Å². The molecule has 0 atom stereocenters. The summed E-state index contributed by atoms with van der Waals surface area (Å²) in [5.74, 6) is 0. The van der Waals surface area contributed by atoms with E-state index in [1.54, 1.807) is 0 Å². The van der Waals surface area contributed by atoms with Crippen LogP contribution < -0.4 is 4.90 Å².